The molecule has 0 saturated carbocycles. The van der Waals surface area contributed by atoms with Gasteiger partial charge in [-0.15, -0.1) is 0 Å². The Morgan fingerprint density at radius 1 is 0.500 bits per heavy atom. The van der Waals surface area contributed by atoms with E-state index < -0.39 is 0 Å². The van der Waals surface area contributed by atoms with Gasteiger partial charge in [-0.25, -0.2) is 0 Å². The zero-order valence-electron chi connectivity index (χ0n) is 19.6. The summed E-state index contributed by atoms with van der Waals surface area (Å²) in [5, 5.41) is 5.37. The first kappa shape index (κ1) is 21.8. The summed E-state index contributed by atoms with van der Waals surface area (Å²) in [7, 11) is 0. The van der Waals surface area contributed by atoms with Crippen LogP contribution in [0.4, 0.5) is 0 Å². The zero-order chi connectivity index (χ0) is 22.6. The summed E-state index contributed by atoms with van der Waals surface area (Å²) in [5.74, 6) is 0. The molecule has 1 unspecified atom stereocenters. The normalized spacial score (nSPS) is 16.1. The molecule has 0 amide bonds. The maximum Gasteiger partial charge on any atom is 0.0498 e. The van der Waals surface area contributed by atoms with Crippen LogP contribution in [-0.2, 0) is 11.8 Å². The van der Waals surface area contributed by atoms with Crippen LogP contribution in [-0.4, -0.2) is 0 Å². The molecule has 1 aliphatic rings. The van der Waals surface area contributed by atoms with Crippen molar-refractivity contribution in [3.8, 4) is 0 Å². The molecule has 160 valence electrons. The van der Waals surface area contributed by atoms with Gasteiger partial charge in [-0.1, -0.05) is 131 Å². The fourth-order valence-corrected chi connectivity index (χ4v) is 5.16. The Kier molecular flexibility index (Phi) is 6.42. The fourth-order valence-electron chi connectivity index (χ4n) is 5.16. The maximum absolute atomic E-state index is 2.40. The van der Waals surface area contributed by atoms with E-state index in [9.17, 15) is 0 Å². The summed E-state index contributed by atoms with van der Waals surface area (Å²) in [6.45, 7) is 8.00. The molecule has 32 heavy (non-hydrogen) atoms. The molecular formula is C32H32. The second kappa shape index (κ2) is 9.40. The number of fused-ring (bicyclic) bond motifs is 1. The quantitative estimate of drug-likeness (QED) is 0.269. The van der Waals surface area contributed by atoms with Gasteiger partial charge in [0.1, 0.15) is 0 Å². The molecule has 0 heteroatoms. The predicted molar refractivity (Wildman–Crippen MR) is 141 cm³/mol. The summed E-state index contributed by atoms with van der Waals surface area (Å²) in [6.07, 6.45) is 1.01. The lowest BCUT2D eigenvalue weighted by molar-refractivity contribution is 0.642. The third-order valence-corrected chi connectivity index (χ3v) is 6.42. The van der Waals surface area contributed by atoms with Crippen LogP contribution < -0.4 is 0 Å². The third-order valence-electron chi connectivity index (χ3n) is 6.42. The molecule has 1 atom stereocenters. The van der Waals surface area contributed by atoms with E-state index in [1.807, 2.05) is 27.7 Å². The first-order valence-electron chi connectivity index (χ1n) is 11.9. The standard InChI is InChI=1S/C28H20.2C2H6/c1-2-13-24(14-3-1)28(25-17-16-20-8-4-5-9-22(20)18-25)19-23-12-6-10-21-11-7-15-26(28)27(21)23;2*1-2/h1-18H,19H2;2*1-2H3. The van der Waals surface area contributed by atoms with Crippen molar-refractivity contribution >= 4 is 21.5 Å². The molecule has 0 saturated heterocycles. The first-order valence-corrected chi connectivity index (χ1v) is 11.9. The molecule has 0 N–H and O–H groups in total. The summed E-state index contributed by atoms with van der Waals surface area (Å²) < 4.78 is 0. The minimum atomic E-state index is -0.144. The van der Waals surface area contributed by atoms with E-state index in [0.29, 0.717) is 0 Å². The largest absolute Gasteiger partial charge is 0.0683 e. The minimum absolute atomic E-state index is 0.144. The van der Waals surface area contributed by atoms with Gasteiger partial charge in [-0.2, -0.15) is 0 Å². The van der Waals surface area contributed by atoms with Crippen molar-refractivity contribution in [2.24, 2.45) is 0 Å². The van der Waals surface area contributed by atoms with E-state index in [1.165, 1.54) is 43.8 Å². The number of hydrogen-bond donors (Lipinski definition) is 0. The molecule has 0 heterocycles. The van der Waals surface area contributed by atoms with Crippen LogP contribution in [0.5, 0.6) is 0 Å². The maximum atomic E-state index is 2.40. The van der Waals surface area contributed by atoms with Crippen LogP contribution in [0.2, 0.25) is 0 Å². The van der Waals surface area contributed by atoms with Gasteiger partial charge in [0.15, 0.2) is 0 Å². The number of benzene rings is 5. The molecule has 6 rings (SSSR count). The molecule has 0 aromatic heterocycles. The van der Waals surface area contributed by atoms with E-state index >= 15 is 0 Å². The lowest BCUT2D eigenvalue weighted by Gasteiger charge is -2.32. The molecular weight excluding hydrogens is 384 g/mol. The van der Waals surface area contributed by atoms with Gasteiger partial charge in [0, 0.05) is 5.41 Å². The molecule has 5 aromatic rings. The summed E-state index contributed by atoms with van der Waals surface area (Å²) >= 11 is 0. The Balaban J connectivity index is 0.000000582. The zero-order valence-corrected chi connectivity index (χ0v) is 19.6. The molecule has 1 aliphatic carbocycles. The Bertz CT molecular complexity index is 1330. The highest BCUT2D eigenvalue weighted by Gasteiger charge is 2.42. The van der Waals surface area contributed by atoms with E-state index in [1.54, 1.807) is 0 Å². The average Bonchev–Trinajstić information content (AvgIpc) is 3.24. The smallest absolute Gasteiger partial charge is 0.0498 e. The predicted octanol–water partition coefficient (Wildman–Crippen LogP) is 8.94. The van der Waals surface area contributed by atoms with Crippen LogP contribution in [0.15, 0.2) is 109 Å². The molecule has 0 radical (unpaired) electrons. The van der Waals surface area contributed by atoms with E-state index in [-0.39, 0.29) is 5.41 Å². The van der Waals surface area contributed by atoms with Gasteiger partial charge >= 0.3 is 0 Å². The second-order valence-corrected chi connectivity index (χ2v) is 7.83. The van der Waals surface area contributed by atoms with Gasteiger partial charge in [-0.3, -0.25) is 0 Å². The lowest BCUT2D eigenvalue weighted by atomic mass is 9.69. The van der Waals surface area contributed by atoms with Crippen molar-refractivity contribution < 1.29 is 0 Å². The molecule has 5 aromatic carbocycles. The van der Waals surface area contributed by atoms with Crippen molar-refractivity contribution in [2.75, 3.05) is 0 Å². The summed E-state index contributed by atoms with van der Waals surface area (Å²) in [6, 6.07) is 40.2. The summed E-state index contributed by atoms with van der Waals surface area (Å²) in [5.41, 5.74) is 5.48. The average molecular weight is 417 g/mol. The molecule has 0 fully saturated rings. The number of rotatable bonds is 2. The van der Waals surface area contributed by atoms with Crippen LogP contribution in [0.25, 0.3) is 21.5 Å². The monoisotopic (exact) mass is 416 g/mol. The van der Waals surface area contributed by atoms with Crippen LogP contribution >= 0.6 is 0 Å². The van der Waals surface area contributed by atoms with E-state index in [4.69, 9.17) is 0 Å². The van der Waals surface area contributed by atoms with Gasteiger partial charge in [0.05, 0.1) is 0 Å². The molecule has 0 nitrogen and oxygen atoms in total. The fraction of sp³-hybridized carbons (Fsp3) is 0.188. The van der Waals surface area contributed by atoms with Gasteiger partial charge in [-0.05, 0) is 56.3 Å². The second-order valence-electron chi connectivity index (χ2n) is 7.83. The van der Waals surface area contributed by atoms with E-state index in [0.717, 1.165) is 6.42 Å². The van der Waals surface area contributed by atoms with Crippen molar-refractivity contribution in [3.05, 3.63) is 131 Å². The van der Waals surface area contributed by atoms with E-state index in [2.05, 4.69) is 109 Å². The molecule has 0 spiro atoms. The Hall–Kier alpha value is -3.38. The summed E-state index contributed by atoms with van der Waals surface area (Å²) in [4.78, 5) is 0. The highest BCUT2D eigenvalue weighted by Crippen LogP contribution is 2.51. The van der Waals surface area contributed by atoms with Crippen molar-refractivity contribution in [3.63, 3.8) is 0 Å². The highest BCUT2D eigenvalue weighted by atomic mass is 14.4. The number of hydrogen-bond acceptors (Lipinski definition) is 0. The van der Waals surface area contributed by atoms with Crippen LogP contribution in [0.1, 0.15) is 49.9 Å². The first-order chi connectivity index (χ1) is 15.9. The van der Waals surface area contributed by atoms with Gasteiger partial charge < -0.3 is 0 Å². The van der Waals surface area contributed by atoms with Crippen LogP contribution in [0.3, 0.4) is 0 Å². The van der Waals surface area contributed by atoms with Gasteiger partial charge in [0.2, 0.25) is 0 Å². The third kappa shape index (κ3) is 3.41. The molecule has 0 aliphatic heterocycles. The van der Waals surface area contributed by atoms with Crippen molar-refractivity contribution in [1.29, 1.82) is 0 Å². The topological polar surface area (TPSA) is 0 Å². The van der Waals surface area contributed by atoms with Crippen molar-refractivity contribution in [1.82, 2.24) is 0 Å². The Morgan fingerprint density at radius 2 is 1.12 bits per heavy atom. The van der Waals surface area contributed by atoms with Gasteiger partial charge in [0.25, 0.3) is 0 Å². The minimum Gasteiger partial charge on any atom is -0.0683 e. The Morgan fingerprint density at radius 3 is 1.88 bits per heavy atom. The highest BCUT2D eigenvalue weighted by molar-refractivity contribution is 5.94. The van der Waals surface area contributed by atoms with Crippen molar-refractivity contribution in [2.45, 2.75) is 39.5 Å². The lowest BCUT2D eigenvalue weighted by Crippen LogP contribution is -2.28. The molecule has 0 bridgehead atoms. The Labute approximate surface area is 192 Å². The SMILES string of the molecule is CC.CC.c1ccc(C2(c3ccc4ccccc4c3)Cc3cccc4cccc2c34)cc1. The van der Waals surface area contributed by atoms with Crippen LogP contribution in [0, 0.1) is 0 Å².